The summed E-state index contributed by atoms with van der Waals surface area (Å²) in [6.45, 7) is 0. The maximum absolute atomic E-state index is 11.8. The molecule has 0 aliphatic carbocycles. The summed E-state index contributed by atoms with van der Waals surface area (Å²) >= 11 is 3.14. The first-order chi connectivity index (χ1) is 9.95. The molecule has 0 saturated carbocycles. The third-order valence-electron chi connectivity index (χ3n) is 2.62. The number of halogens is 1. The van der Waals surface area contributed by atoms with Gasteiger partial charge in [0.25, 0.3) is 0 Å². The Morgan fingerprint density at radius 1 is 1.43 bits per heavy atom. The molecule has 1 heterocycles. The second-order valence-corrected chi connectivity index (χ2v) is 5.12. The number of benzene rings is 1. The predicted molar refractivity (Wildman–Crippen MR) is 82.0 cm³/mol. The van der Waals surface area contributed by atoms with E-state index in [4.69, 9.17) is 5.11 Å². The Hall–Kier alpha value is -2.41. The van der Waals surface area contributed by atoms with Gasteiger partial charge >= 0.3 is 5.97 Å². The average molecular weight is 350 g/mol. The molecule has 6 nitrogen and oxygen atoms in total. The molecule has 1 amide bonds. The first kappa shape index (κ1) is 15.0. The highest BCUT2D eigenvalue weighted by Crippen LogP contribution is 2.21. The van der Waals surface area contributed by atoms with E-state index in [1.807, 2.05) is 0 Å². The van der Waals surface area contributed by atoms with Crippen LogP contribution < -0.4 is 5.32 Å². The van der Waals surface area contributed by atoms with E-state index in [1.54, 1.807) is 42.3 Å². The average Bonchev–Trinajstić information content (AvgIpc) is 2.84. The monoisotopic (exact) mass is 349 g/mol. The smallest absolute Gasteiger partial charge is 0.336 e. The summed E-state index contributed by atoms with van der Waals surface area (Å²) in [6.07, 6.45) is 6.39. The van der Waals surface area contributed by atoms with Gasteiger partial charge in [0.1, 0.15) is 0 Å². The van der Waals surface area contributed by atoms with E-state index in [-0.39, 0.29) is 11.5 Å². The van der Waals surface area contributed by atoms with Crippen LogP contribution in [0.5, 0.6) is 0 Å². The lowest BCUT2D eigenvalue weighted by Crippen LogP contribution is -2.09. The van der Waals surface area contributed by atoms with Gasteiger partial charge in [-0.3, -0.25) is 9.48 Å². The van der Waals surface area contributed by atoms with Gasteiger partial charge in [0.2, 0.25) is 5.91 Å². The first-order valence-corrected chi connectivity index (χ1v) is 6.75. The molecule has 0 bridgehead atoms. The predicted octanol–water partition coefficient (Wildman–Crippen LogP) is 2.53. The molecule has 21 heavy (non-hydrogen) atoms. The second kappa shape index (κ2) is 6.36. The lowest BCUT2D eigenvalue weighted by molar-refractivity contribution is -0.111. The number of amides is 1. The Morgan fingerprint density at radius 3 is 2.81 bits per heavy atom. The Labute approximate surface area is 129 Å². The van der Waals surface area contributed by atoms with Crippen LogP contribution in [0, 0.1) is 0 Å². The van der Waals surface area contributed by atoms with Crippen molar-refractivity contribution in [1.29, 1.82) is 0 Å². The van der Waals surface area contributed by atoms with Gasteiger partial charge in [-0.15, -0.1) is 0 Å². The standard InChI is InChI=1S/C14H12BrN3O3/c1-18-8-9(7-16-18)2-5-13(19)17-10-3-4-12(15)11(6-10)14(20)21/h2-8H,1H3,(H,17,19)(H,20,21)/b5-2+. The number of rotatable bonds is 4. The molecule has 0 aliphatic rings. The van der Waals surface area contributed by atoms with Crippen molar-refractivity contribution in [2.45, 2.75) is 0 Å². The van der Waals surface area contributed by atoms with Crippen molar-refractivity contribution in [2.24, 2.45) is 7.05 Å². The Kier molecular flexibility index (Phi) is 4.54. The van der Waals surface area contributed by atoms with Crippen molar-refractivity contribution in [3.8, 4) is 0 Å². The highest BCUT2D eigenvalue weighted by atomic mass is 79.9. The van der Waals surface area contributed by atoms with E-state index < -0.39 is 5.97 Å². The topological polar surface area (TPSA) is 84.2 Å². The number of carbonyl (C=O) groups is 2. The minimum Gasteiger partial charge on any atom is -0.478 e. The molecule has 0 unspecified atom stereocenters. The third kappa shape index (κ3) is 4.03. The van der Waals surface area contributed by atoms with Crippen LogP contribution in [0.4, 0.5) is 5.69 Å². The SMILES string of the molecule is Cn1cc(/C=C/C(=O)Nc2ccc(Br)c(C(=O)O)c2)cn1. The number of anilines is 1. The quantitative estimate of drug-likeness (QED) is 0.830. The van der Waals surface area contributed by atoms with E-state index in [9.17, 15) is 9.59 Å². The molecule has 7 heteroatoms. The molecule has 0 atom stereocenters. The number of aromatic nitrogens is 2. The van der Waals surface area contributed by atoms with Crippen LogP contribution in [0.3, 0.4) is 0 Å². The zero-order valence-corrected chi connectivity index (χ0v) is 12.7. The molecule has 108 valence electrons. The van der Waals surface area contributed by atoms with Gasteiger partial charge in [-0.05, 0) is 40.2 Å². The second-order valence-electron chi connectivity index (χ2n) is 4.27. The summed E-state index contributed by atoms with van der Waals surface area (Å²) in [5, 5.41) is 15.6. The van der Waals surface area contributed by atoms with Gasteiger partial charge in [0, 0.05) is 35.0 Å². The van der Waals surface area contributed by atoms with Crippen molar-refractivity contribution in [3.63, 3.8) is 0 Å². The minimum atomic E-state index is -1.07. The number of carbonyl (C=O) groups excluding carboxylic acids is 1. The van der Waals surface area contributed by atoms with E-state index in [1.165, 1.54) is 12.1 Å². The molecular formula is C14H12BrN3O3. The lowest BCUT2D eigenvalue weighted by Gasteiger charge is -2.05. The number of carboxylic acid groups (broad SMARTS) is 1. The molecule has 0 radical (unpaired) electrons. The van der Waals surface area contributed by atoms with Crippen molar-refractivity contribution >= 4 is 39.6 Å². The van der Waals surface area contributed by atoms with Crippen LogP contribution in [0.25, 0.3) is 6.08 Å². The molecular weight excluding hydrogens is 338 g/mol. The summed E-state index contributed by atoms with van der Waals surface area (Å²) in [6, 6.07) is 4.58. The molecule has 1 aromatic carbocycles. The van der Waals surface area contributed by atoms with Crippen LogP contribution >= 0.6 is 15.9 Å². The minimum absolute atomic E-state index is 0.0871. The summed E-state index contributed by atoms with van der Waals surface area (Å²) in [7, 11) is 1.78. The zero-order chi connectivity index (χ0) is 15.4. The lowest BCUT2D eigenvalue weighted by atomic mass is 10.2. The fraction of sp³-hybridized carbons (Fsp3) is 0.0714. The van der Waals surface area contributed by atoms with Gasteiger partial charge < -0.3 is 10.4 Å². The van der Waals surface area contributed by atoms with Crippen molar-refractivity contribution in [1.82, 2.24) is 9.78 Å². The molecule has 0 aliphatic heterocycles. The van der Waals surface area contributed by atoms with Gasteiger partial charge in [-0.2, -0.15) is 5.10 Å². The molecule has 0 spiro atoms. The van der Waals surface area contributed by atoms with Crippen LogP contribution in [0.15, 0.2) is 41.1 Å². The third-order valence-corrected chi connectivity index (χ3v) is 3.31. The number of carboxylic acids is 1. The number of aromatic carboxylic acids is 1. The number of aryl methyl sites for hydroxylation is 1. The summed E-state index contributed by atoms with van der Waals surface area (Å²) in [5.41, 5.74) is 1.30. The molecule has 2 N–H and O–H groups in total. The van der Waals surface area contributed by atoms with Crippen LogP contribution in [0.2, 0.25) is 0 Å². The van der Waals surface area contributed by atoms with Gasteiger partial charge in [-0.25, -0.2) is 4.79 Å². The van der Waals surface area contributed by atoms with E-state index >= 15 is 0 Å². The maximum atomic E-state index is 11.8. The summed E-state index contributed by atoms with van der Waals surface area (Å²) in [5.74, 6) is -1.42. The highest BCUT2D eigenvalue weighted by molar-refractivity contribution is 9.10. The fourth-order valence-electron chi connectivity index (χ4n) is 1.65. The fourth-order valence-corrected chi connectivity index (χ4v) is 2.07. The molecule has 2 rings (SSSR count). The van der Waals surface area contributed by atoms with Gasteiger partial charge in [-0.1, -0.05) is 0 Å². The van der Waals surface area contributed by atoms with Crippen molar-refractivity contribution in [3.05, 3.63) is 52.3 Å². The number of nitrogens with zero attached hydrogens (tertiary/aromatic N) is 2. The Morgan fingerprint density at radius 2 is 2.19 bits per heavy atom. The number of nitrogens with one attached hydrogen (secondary N) is 1. The normalized spacial score (nSPS) is 10.8. The zero-order valence-electron chi connectivity index (χ0n) is 11.1. The molecule has 0 saturated heterocycles. The molecule has 0 fully saturated rings. The Balaban J connectivity index is 2.07. The summed E-state index contributed by atoms with van der Waals surface area (Å²) < 4.78 is 2.09. The van der Waals surface area contributed by atoms with Gasteiger partial charge in [0.15, 0.2) is 0 Å². The van der Waals surface area contributed by atoms with E-state index in [2.05, 4.69) is 26.3 Å². The van der Waals surface area contributed by atoms with E-state index in [0.29, 0.717) is 10.2 Å². The van der Waals surface area contributed by atoms with Crippen molar-refractivity contribution < 1.29 is 14.7 Å². The van der Waals surface area contributed by atoms with Crippen LogP contribution in [0.1, 0.15) is 15.9 Å². The highest BCUT2D eigenvalue weighted by Gasteiger charge is 2.09. The maximum Gasteiger partial charge on any atom is 0.336 e. The van der Waals surface area contributed by atoms with Crippen LogP contribution in [-0.4, -0.2) is 26.8 Å². The van der Waals surface area contributed by atoms with Crippen LogP contribution in [-0.2, 0) is 11.8 Å². The largest absolute Gasteiger partial charge is 0.478 e. The molecule has 2 aromatic rings. The van der Waals surface area contributed by atoms with E-state index in [0.717, 1.165) is 5.56 Å². The number of hydrogen-bond acceptors (Lipinski definition) is 3. The number of hydrogen-bond donors (Lipinski definition) is 2. The summed E-state index contributed by atoms with van der Waals surface area (Å²) in [4.78, 5) is 22.8. The first-order valence-electron chi connectivity index (χ1n) is 5.96. The van der Waals surface area contributed by atoms with Gasteiger partial charge in [0.05, 0.1) is 11.8 Å². The molecule has 1 aromatic heterocycles. The van der Waals surface area contributed by atoms with Crippen molar-refractivity contribution in [2.75, 3.05) is 5.32 Å². The Bertz CT molecular complexity index is 722.